The van der Waals surface area contributed by atoms with Gasteiger partial charge in [0.05, 0.1) is 5.52 Å². The third kappa shape index (κ3) is 2.50. The summed E-state index contributed by atoms with van der Waals surface area (Å²) in [6.45, 7) is 2.01. The predicted octanol–water partition coefficient (Wildman–Crippen LogP) is 3.50. The molecule has 2 heterocycles. The Kier molecular flexibility index (Phi) is 3.02. The molecule has 0 bridgehead atoms. The smallest absolute Gasteiger partial charge is 0.152 e. The average Bonchev–Trinajstić information content (AvgIpc) is 2.46. The Hall–Kier alpha value is -2.55. The Bertz CT molecular complexity index is 733. The summed E-state index contributed by atoms with van der Waals surface area (Å²) in [4.78, 5) is 13.1. The van der Waals surface area contributed by atoms with Gasteiger partial charge in [0.15, 0.2) is 5.82 Å². The molecule has 0 atom stereocenters. The predicted molar refractivity (Wildman–Crippen MR) is 77.4 cm³/mol. The van der Waals surface area contributed by atoms with Crippen molar-refractivity contribution >= 4 is 23.1 Å². The van der Waals surface area contributed by atoms with Crippen molar-refractivity contribution in [3.05, 3.63) is 65.9 Å². The summed E-state index contributed by atoms with van der Waals surface area (Å²) >= 11 is 0. The van der Waals surface area contributed by atoms with Crippen LogP contribution in [0.5, 0.6) is 0 Å². The summed E-state index contributed by atoms with van der Waals surface area (Å²) in [5.74, 6) is 0.722. The molecule has 3 aromatic rings. The molecule has 0 aliphatic heterocycles. The van der Waals surface area contributed by atoms with Gasteiger partial charge in [-0.05, 0) is 36.8 Å². The lowest BCUT2D eigenvalue weighted by atomic mass is 10.2. The van der Waals surface area contributed by atoms with Gasteiger partial charge in [0, 0.05) is 23.5 Å². The summed E-state index contributed by atoms with van der Waals surface area (Å²) < 4.78 is 0. The Morgan fingerprint density at radius 1 is 0.947 bits per heavy atom. The minimum atomic E-state index is 0.722. The Labute approximate surface area is 111 Å². The zero-order chi connectivity index (χ0) is 13.1. The molecule has 3 rings (SSSR count). The number of benzene rings is 1. The number of aromatic nitrogens is 3. The van der Waals surface area contributed by atoms with E-state index in [1.807, 2.05) is 61.7 Å². The summed E-state index contributed by atoms with van der Waals surface area (Å²) in [6.07, 6.45) is 7.45. The van der Waals surface area contributed by atoms with Crippen LogP contribution in [0.25, 0.3) is 23.1 Å². The molecule has 0 aliphatic rings. The van der Waals surface area contributed by atoms with Gasteiger partial charge >= 0.3 is 0 Å². The Morgan fingerprint density at radius 2 is 1.84 bits per heavy atom. The quantitative estimate of drug-likeness (QED) is 0.695. The van der Waals surface area contributed by atoms with Crippen molar-refractivity contribution in [2.24, 2.45) is 0 Å². The van der Waals surface area contributed by atoms with Crippen molar-refractivity contribution in [1.82, 2.24) is 15.0 Å². The first kappa shape index (κ1) is 11.5. The molecule has 0 N–H and O–H groups in total. The molecule has 0 saturated heterocycles. The minimum absolute atomic E-state index is 0.722. The largest absolute Gasteiger partial charge is 0.264 e. The van der Waals surface area contributed by atoms with Gasteiger partial charge in [0.2, 0.25) is 0 Å². The van der Waals surface area contributed by atoms with Crippen molar-refractivity contribution in [3.63, 3.8) is 0 Å². The monoisotopic (exact) mass is 247 g/mol. The second kappa shape index (κ2) is 4.98. The summed E-state index contributed by atoms with van der Waals surface area (Å²) in [6, 6.07) is 11.9. The van der Waals surface area contributed by atoms with E-state index in [4.69, 9.17) is 0 Å². The number of aryl methyl sites for hydroxylation is 1. The Morgan fingerprint density at radius 3 is 2.68 bits per heavy atom. The van der Waals surface area contributed by atoms with Crippen LogP contribution in [0.2, 0.25) is 0 Å². The van der Waals surface area contributed by atoms with Crippen LogP contribution < -0.4 is 0 Å². The number of pyridine rings is 1. The number of rotatable bonds is 2. The summed E-state index contributed by atoms with van der Waals surface area (Å²) in [5.41, 5.74) is 3.01. The van der Waals surface area contributed by atoms with Crippen LogP contribution in [0.15, 0.2) is 48.8 Å². The SMILES string of the molecule is Cc1nc(/C=C/c2cccnc2)nc2ccccc12. The molecule has 0 unspecified atom stereocenters. The maximum Gasteiger partial charge on any atom is 0.152 e. The van der Waals surface area contributed by atoms with E-state index in [-0.39, 0.29) is 0 Å². The van der Waals surface area contributed by atoms with Crippen molar-refractivity contribution in [2.75, 3.05) is 0 Å². The van der Waals surface area contributed by atoms with Gasteiger partial charge in [-0.15, -0.1) is 0 Å². The van der Waals surface area contributed by atoms with Gasteiger partial charge in [-0.1, -0.05) is 24.3 Å². The highest BCUT2D eigenvalue weighted by Crippen LogP contribution is 2.15. The second-order valence-corrected chi connectivity index (χ2v) is 4.30. The molecule has 0 spiro atoms. The first-order valence-corrected chi connectivity index (χ1v) is 6.14. The molecule has 0 aliphatic carbocycles. The highest BCUT2D eigenvalue weighted by molar-refractivity contribution is 5.82. The van der Waals surface area contributed by atoms with E-state index in [1.165, 1.54) is 0 Å². The number of fused-ring (bicyclic) bond motifs is 1. The number of hydrogen-bond acceptors (Lipinski definition) is 3. The van der Waals surface area contributed by atoms with Crippen LogP contribution in [0.3, 0.4) is 0 Å². The van der Waals surface area contributed by atoms with Crippen LogP contribution in [0.1, 0.15) is 17.1 Å². The van der Waals surface area contributed by atoms with E-state index in [0.29, 0.717) is 0 Å². The fraction of sp³-hybridized carbons (Fsp3) is 0.0625. The van der Waals surface area contributed by atoms with Crippen molar-refractivity contribution in [2.45, 2.75) is 6.92 Å². The standard InChI is InChI=1S/C16H13N3/c1-12-14-6-2-3-7-15(14)19-16(18-12)9-8-13-5-4-10-17-11-13/h2-11H,1H3/b9-8+. The van der Waals surface area contributed by atoms with E-state index in [1.54, 1.807) is 6.20 Å². The maximum atomic E-state index is 4.53. The molecule has 0 saturated carbocycles. The number of para-hydroxylation sites is 1. The summed E-state index contributed by atoms with van der Waals surface area (Å²) in [5, 5.41) is 1.10. The van der Waals surface area contributed by atoms with Crippen molar-refractivity contribution < 1.29 is 0 Å². The number of hydrogen-bond donors (Lipinski definition) is 0. The van der Waals surface area contributed by atoms with Gasteiger partial charge in [-0.3, -0.25) is 4.98 Å². The van der Waals surface area contributed by atoms with E-state index in [9.17, 15) is 0 Å². The van der Waals surface area contributed by atoms with Crippen LogP contribution in [0, 0.1) is 6.92 Å². The molecule has 2 aromatic heterocycles. The lowest BCUT2D eigenvalue weighted by Crippen LogP contribution is -1.92. The molecule has 0 fully saturated rings. The zero-order valence-electron chi connectivity index (χ0n) is 10.6. The van der Waals surface area contributed by atoms with Crippen LogP contribution in [0.4, 0.5) is 0 Å². The molecular formula is C16H13N3. The van der Waals surface area contributed by atoms with Gasteiger partial charge in [0.25, 0.3) is 0 Å². The van der Waals surface area contributed by atoms with Crippen molar-refractivity contribution in [3.8, 4) is 0 Å². The second-order valence-electron chi connectivity index (χ2n) is 4.30. The average molecular weight is 247 g/mol. The van der Waals surface area contributed by atoms with Gasteiger partial charge < -0.3 is 0 Å². The summed E-state index contributed by atoms with van der Waals surface area (Å²) in [7, 11) is 0. The van der Waals surface area contributed by atoms with E-state index in [0.717, 1.165) is 28.0 Å². The lowest BCUT2D eigenvalue weighted by molar-refractivity contribution is 1.12. The van der Waals surface area contributed by atoms with Gasteiger partial charge in [-0.2, -0.15) is 0 Å². The third-order valence-electron chi connectivity index (χ3n) is 2.92. The third-order valence-corrected chi connectivity index (χ3v) is 2.92. The van der Waals surface area contributed by atoms with E-state index >= 15 is 0 Å². The zero-order valence-corrected chi connectivity index (χ0v) is 10.6. The molecule has 92 valence electrons. The molecule has 1 aromatic carbocycles. The maximum absolute atomic E-state index is 4.53. The number of nitrogens with zero attached hydrogens (tertiary/aromatic N) is 3. The van der Waals surface area contributed by atoms with E-state index < -0.39 is 0 Å². The van der Waals surface area contributed by atoms with Gasteiger partial charge in [0.1, 0.15) is 0 Å². The Balaban J connectivity index is 2.00. The van der Waals surface area contributed by atoms with Gasteiger partial charge in [-0.25, -0.2) is 9.97 Å². The van der Waals surface area contributed by atoms with Crippen LogP contribution in [-0.4, -0.2) is 15.0 Å². The fourth-order valence-corrected chi connectivity index (χ4v) is 1.98. The lowest BCUT2D eigenvalue weighted by Gasteiger charge is -2.02. The van der Waals surface area contributed by atoms with Crippen LogP contribution in [-0.2, 0) is 0 Å². The molecular weight excluding hydrogens is 234 g/mol. The molecule has 0 radical (unpaired) electrons. The topological polar surface area (TPSA) is 38.7 Å². The first-order valence-electron chi connectivity index (χ1n) is 6.14. The minimum Gasteiger partial charge on any atom is -0.264 e. The van der Waals surface area contributed by atoms with Crippen molar-refractivity contribution in [1.29, 1.82) is 0 Å². The highest BCUT2D eigenvalue weighted by Gasteiger charge is 2.01. The van der Waals surface area contributed by atoms with Crippen LogP contribution >= 0.6 is 0 Å². The molecule has 0 amide bonds. The molecule has 3 heteroatoms. The highest BCUT2D eigenvalue weighted by atomic mass is 14.9. The van der Waals surface area contributed by atoms with E-state index in [2.05, 4.69) is 15.0 Å². The molecule has 3 nitrogen and oxygen atoms in total. The first-order chi connectivity index (χ1) is 9.33. The normalized spacial score (nSPS) is 11.2. The molecule has 19 heavy (non-hydrogen) atoms. The fourth-order valence-electron chi connectivity index (χ4n) is 1.98.